The van der Waals surface area contributed by atoms with Gasteiger partial charge in [-0.25, -0.2) is 9.97 Å². The fraction of sp³-hybridized carbons (Fsp3) is 0.0625. The minimum Gasteiger partial charge on any atom is -0.333 e. The van der Waals surface area contributed by atoms with E-state index in [0.29, 0.717) is 11.3 Å². The molecule has 4 aromatic heterocycles. The number of rotatable bonds is 3. The number of nitrogens with one attached hydrogen (secondary N) is 1. The zero-order valence-electron chi connectivity index (χ0n) is 13.1. The maximum absolute atomic E-state index is 12.4. The maximum atomic E-state index is 12.4. The van der Waals surface area contributed by atoms with Crippen LogP contribution in [0, 0.1) is 17.0 Å². The van der Waals surface area contributed by atoms with Gasteiger partial charge in [-0.15, -0.1) is 0 Å². The van der Waals surface area contributed by atoms with Crippen LogP contribution in [-0.4, -0.2) is 23.7 Å². The second-order valence-corrected chi connectivity index (χ2v) is 5.49. The van der Waals surface area contributed by atoms with Gasteiger partial charge in [0.15, 0.2) is 0 Å². The van der Waals surface area contributed by atoms with E-state index in [1.54, 1.807) is 40.9 Å². The van der Waals surface area contributed by atoms with Gasteiger partial charge in [0.1, 0.15) is 11.3 Å². The third-order valence-corrected chi connectivity index (χ3v) is 3.73. The summed E-state index contributed by atoms with van der Waals surface area (Å²) < 4.78 is 2.93. The van der Waals surface area contributed by atoms with E-state index in [1.807, 2.05) is 13.1 Å². The highest BCUT2D eigenvalue weighted by molar-refractivity contribution is 5.68. The lowest BCUT2D eigenvalue weighted by atomic mass is 10.3. The SMILES string of the molecule is Cc1cn2cc(Nc3nc4ccccn4c(=O)c3[N+](=O)[O-])ccc2n1. The summed E-state index contributed by atoms with van der Waals surface area (Å²) in [6, 6.07) is 8.42. The van der Waals surface area contributed by atoms with Gasteiger partial charge in [0.2, 0.25) is 5.82 Å². The molecule has 4 rings (SSSR count). The fourth-order valence-electron chi connectivity index (χ4n) is 2.66. The minimum absolute atomic E-state index is 0.0996. The van der Waals surface area contributed by atoms with E-state index in [4.69, 9.17) is 0 Å². The van der Waals surface area contributed by atoms with Crippen LogP contribution in [0.15, 0.2) is 53.7 Å². The average Bonchev–Trinajstić information content (AvgIpc) is 2.94. The van der Waals surface area contributed by atoms with Crippen molar-refractivity contribution in [2.75, 3.05) is 5.32 Å². The van der Waals surface area contributed by atoms with E-state index in [0.717, 1.165) is 15.7 Å². The molecule has 124 valence electrons. The number of hydrogen-bond acceptors (Lipinski definition) is 6. The van der Waals surface area contributed by atoms with Crippen molar-refractivity contribution in [2.24, 2.45) is 0 Å². The van der Waals surface area contributed by atoms with Gasteiger partial charge in [0, 0.05) is 18.6 Å². The molecule has 0 aliphatic rings. The van der Waals surface area contributed by atoms with E-state index < -0.39 is 16.2 Å². The third-order valence-electron chi connectivity index (χ3n) is 3.73. The topological polar surface area (TPSA) is 107 Å². The number of anilines is 2. The Morgan fingerprint density at radius 2 is 1.96 bits per heavy atom. The van der Waals surface area contributed by atoms with Crippen molar-refractivity contribution in [3.63, 3.8) is 0 Å². The number of imidazole rings is 1. The van der Waals surface area contributed by atoms with Gasteiger partial charge in [-0.1, -0.05) is 6.07 Å². The van der Waals surface area contributed by atoms with Crippen molar-refractivity contribution < 1.29 is 4.92 Å². The predicted molar refractivity (Wildman–Crippen MR) is 91.3 cm³/mol. The summed E-state index contributed by atoms with van der Waals surface area (Å²) in [5.41, 5.74) is 1.14. The molecule has 0 aliphatic carbocycles. The lowest BCUT2D eigenvalue weighted by Gasteiger charge is -2.08. The zero-order valence-corrected chi connectivity index (χ0v) is 13.1. The molecule has 0 spiro atoms. The highest BCUT2D eigenvalue weighted by atomic mass is 16.6. The lowest BCUT2D eigenvalue weighted by Crippen LogP contribution is -2.20. The Bertz CT molecular complexity index is 1190. The Morgan fingerprint density at radius 3 is 2.76 bits per heavy atom. The number of aryl methyl sites for hydroxylation is 1. The fourth-order valence-corrected chi connectivity index (χ4v) is 2.66. The van der Waals surface area contributed by atoms with Gasteiger partial charge >= 0.3 is 11.2 Å². The Morgan fingerprint density at radius 1 is 1.12 bits per heavy atom. The van der Waals surface area contributed by atoms with Crippen LogP contribution in [0.25, 0.3) is 11.3 Å². The van der Waals surface area contributed by atoms with Gasteiger partial charge in [-0.05, 0) is 31.2 Å². The van der Waals surface area contributed by atoms with E-state index in [-0.39, 0.29) is 5.82 Å². The monoisotopic (exact) mass is 336 g/mol. The zero-order chi connectivity index (χ0) is 17.6. The van der Waals surface area contributed by atoms with Crippen LogP contribution in [0.5, 0.6) is 0 Å². The van der Waals surface area contributed by atoms with Crippen LogP contribution in [0.3, 0.4) is 0 Å². The van der Waals surface area contributed by atoms with Crippen LogP contribution >= 0.6 is 0 Å². The third kappa shape index (κ3) is 2.47. The van der Waals surface area contributed by atoms with E-state index in [2.05, 4.69) is 15.3 Å². The highest BCUT2D eigenvalue weighted by Crippen LogP contribution is 2.23. The number of hydrogen-bond donors (Lipinski definition) is 1. The standard InChI is InChI=1S/C16H12N6O3/c1-10-8-20-9-11(5-6-12(20)17-10)18-15-14(22(24)25)16(23)21-7-3-2-4-13(21)19-15/h2-9,18H,1H3. The van der Waals surface area contributed by atoms with Gasteiger partial charge in [0.05, 0.1) is 16.3 Å². The first-order valence-corrected chi connectivity index (χ1v) is 7.41. The van der Waals surface area contributed by atoms with Crippen molar-refractivity contribution in [1.29, 1.82) is 0 Å². The number of fused-ring (bicyclic) bond motifs is 2. The largest absolute Gasteiger partial charge is 0.376 e. The number of aromatic nitrogens is 4. The molecule has 4 heterocycles. The molecule has 0 bridgehead atoms. The van der Waals surface area contributed by atoms with E-state index in [9.17, 15) is 14.9 Å². The lowest BCUT2D eigenvalue weighted by molar-refractivity contribution is -0.385. The van der Waals surface area contributed by atoms with Gasteiger partial charge < -0.3 is 9.72 Å². The highest BCUT2D eigenvalue weighted by Gasteiger charge is 2.23. The van der Waals surface area contributed by atoms with Gasteiger partial charge in [0.25, 0.3) is 0 Å². The van der Waals surface area contributed by atoms with Crippen LogP contribution in [0.2, 0.25) is 0 Å². The first kappa shape index (κ1) is 14.8. The molecule has 0 atom stereocenters. The number of nitro groups is 1. The summed E-state index contributed by atoms with van der Waals surface area (Å²) in [4.78, 5) is 31.6. The molecule has 4 aromatic rings. The Hall–Kier alpha value is -3.75. The minimum atomic E-state index is -0.738. The molecule has 9 nitrogen and oxygen atoms in total. The molecular formula is C16H12N6O3. The van der Waals surface area contributed by atoms with E-state index >= 15 is 0 Å². The normalized spacial score (nSPS) is 11.1. The van der Waals surface area contributed by atoms with Crippen molar-refractivity contribution in [2.45, 2.75) is 6.92 Å². The Labute approximate surface area is 140 Å². The molecule has 1 N–H and O–H groups in total. The summed E-state index contributed by atoms with van der Waals surface area (Å²) >= 11 is 0. The number of nitrogens with zero attached hydrogens (tertiary/aromatic N) is 5. The Kier molecular flexibility index (Phi) is 3.21. The average molecular weight is 336 g/mol. The molecule has 0 unspecified atom stereocenters. The summed E-state index contributed by atoms with van der Waals surface area (Å²) in [5.74, 6) is -0.0996. The van der Waals surface area contributed by atoms with Crippen molar-refractivity contribution in [1.82, 2.24) is 18.8 Å². The van der Waals surface area contributed by atoms with Gasteiger partial charge in [-0.2, -0.15) is 0 Å². The first-order valence-electron chi connectivity index (χ1n) is 7.41. The van der Waals surface area contributed by atoms with Crippen LogP contribution in [0.4, 0.5) is 17.2 Å². The van der Waals surface area contributed by atoms with Crippen LogP contribution in [-0.2, 0) is 0 Å². The van der Waals surface area contributed by atoms with Crippen molar-refractivity contribution in [3.8, 4) is 0 Å². The summed E-state index contributed by atoms with van der Waals surface area (Å²) in [6.45, 7) is 1.87. The summed E-state index contributed by atoms with van der Waals surface area (Å²) in [6.07, 6.45) is 5.01. The molecule has 25 heavy (non-hydrogen) atoms. The maximum Gasteiger partial charge on any atom is 0.376 e. The predicted octanol–water partition coefficient (Wildman–Crippen LogP) is 2.30. The van der Waals surface area contributed by atoms with Gasteiger partial charge in [-0.3, -0.25) is 19.3 Å². The molecule has 9 heteroatoms. The second kappa shape index (κ2) is 5.41. The quantitative estimate of drug-likeness (QED) is 0.454. The second-order valence-electron chi connectivity index (χ2n) is 5.49. The molecule has 0 saturated carbocycles. The Balaban J connectivity index is 1.88. The van der Waals surface area contributed by atoms with Crippen LogP contribution < -0.4 is 10.9 Å². The molecular weight excluding hydrogens is 324 g/mol. The van der Waals surface area contributed by atoms with E-state index in [1.165, 1.54) is 6.20 Å². The number of pyridine rings is 2. The molecule has 0 radical (unpaired) electrons. The summed E-state index contributed by atoms with van der Waals surface area (Å²) in [7, 11) is 0. The molecule has 0 aliphatic heterocycles. The molecule has 0 aromatic carbocycles. The van der Waals surface area contributed by atoms with Crippen LogP contribution in [0.1, 0.15) is 5.69 Å². The smallest absolute Gasteiger partial charge is 0.333 e. The first-order chi connectivity index (χ1) is 12.0. The van der Waals surface area contributed by atoms with Crippen molar-refractivity contribution in [3.05, 3.63) is 75.1 Å². The van der Waals surface area contributed by atoms with Crippen molar-refractivity contribution >= 4 is 28.5 Å². The molecule has 0 fully saturated rings. The molecule has 0 saturated heterocycles. The summed E-state index contributed by atoms with van der Waals surface area (Å²) in [5, 5.41) is 14.3. The molecule has 0 amide bonds.